The molecule has 0 spiro atoms. The molecule has 0 aliphatic carbocycles. The third-order valence-electron chi connectivity index (χ3n) is 4.48. The number of amides is 2. The number of nitriles is 1. The highest BCUT2D eigenvalue weighted by molar-refractivity contribution is 5.90. The van der Waals surface area contributed by atoms with Crippen LogP contribution in [0.15, 0.2) is 48.5 Å². The molecular formula is C20H22N4O. The zero-order valence-corrected chi connectivity index (χ0v) is 14.4. The van der Waals surface area contributed by atoms with Crippen molar-refractivity contribution in [1.29, 1.82) is 5.26 Å². The Bertz CT molecular complexity index is 771. The minimum absolute atomic E-state index is 0.141. The molecule has 1 fully saturated rings. The Morgan fingerprint density at radius 2 is 1.76 bits per heavy atom. The number of anilines is 1. The fraction of sp³-hybridized carbons (Fsp3) is 0.300. The Morgan fingerprint density at radius 1 is 1.08 bits per heavy atom. The molecule has 0 bridgehead atoms. The van der Waals surface area contributed by atoms with E-state index >= 15 is 0 Å². The molecule has 2 aromatic rings. The summed E-state index contributed by atoms with van der Waals surface area (Å²) in [7, 11) is 0. The minimum atomic E-state index is -0.141. The van der Waals surface area contributed by atoms with Crippen molar-refractivity contribution in [2.24, 2.45) is 0 Å². The predicted molar refractivity (Wildman–Crippen MR) is 98.2 cm³/mol. The molecule has 0 atom stereocenters. The number of carbonyl (C=O) groups excluding carboxylic acids is 1. The first-order chi connectivity index (χ1) is 12.2. The highest BCUT2D eigenvalue weighted by Crippen LogP contribution is 2.15. The van der Waals surface area contributed by atoms with Gasteiger partial charge in [-0.3, -0.25) is 4.90 Å². The van der Waals surface area contributed by atoms with Crippen LogP contribution in [0.5, 0.6) is 0 Å². The van der Waals surface area contributed by atoms with Crippen LogP contribution in [0.3, 0.4) is 0 Å². The number of rotatable bonds is 3. The van der Waals surface area contributed by atoms with E-state index in [2.05, 4.69) is 47.5 Å². The molecule has 2 aromatic carbocycles. The number of hydrogen-bond acceptors (Lipinski definition) is 3. The molecule has 5 nitrogen and oxygen atoms in total. The van der Waals surface area contributed by atoms with Crippen LogP contribution in [0.25, 0.3) is 0 Å². The molecule has 5 heteroatoms. The summed E-state index contributed by atoms with van der Waals surface area (Å²) in [6.45, 7) is 6.07. The standard InChI is InChI=1S/C20H22N4O/c1-16-6-8-17(9-7-16)15-23-10-12-24(13-11-23)20(25)22-19-5-3-2-4-18(19)14-21/h2-9H,10-13,15H2,1H3,(H,22,25). The molecule has 1 N–H and O–H groups in total. The number of piperazine rings is 1. The molecule has 128 valence electrons. The lowest BCUT2D eigenvalue weighted by molar-refractivity contribution is 0.143. The van der Waals surface area contributed by atoms with Gasteiger partial charge >= 0.3 is 6.03 Å². The average molecular weight is 334 g/mol. The third-order valence-corrected chi connectivity index (χ3v) is 4.48. The molecule has 0 aromatic heterocycles. The molecule has 1 heterocycles. The molecular weight excluding hydrogens is 312 g/mol. The van der Waals surface area contributed by atoms with E-state index in [1.807, 2.05) is 6.07 Å². The quantitative estimate of drug-likeness (QED) is 0.937. The second-order valence-corrected chi connectivity index (χ2v) is 6.34. The first kappa shape index (κ1) is 17.0. The van der Waals surface area contributed by atoms with Crippen LogP contribution in [0.2, 0.25) is 0 Å². The van der Waals surface area contributed by atoms with Gasteiger partial charge in [-0.25, -0.2) is 4.79 Å². The lowest BCUT2D eigenvalue weighted by atomic mass is 10.1. The van der Waals surface area contributed by atoms with Crippen molar-refractivity contribution in [2.45, 2.75) is 13.5 Å². The van der Waals surface area contributed by atoms with Crippen molar-refractivity contribution < 1.29 is 4.79 Å². The molecule has 1 aliphatic rings. The van der Waals surface area contributed by atoms with Gasteiger partial charge in [-0.2, -0.15) is 5.26 Å². The number of hydrogen-bond donors (Lipinski definition) is 1. The second kappa shape index (κ2) is 7.82. The largest absolute Gasteiger partial charge is 0.322 e. The molecule has 2 amide bonds. The molecule has 3 rings (SSSR count). The maximum Gasteiger partial charge on any atom is 0.321 e. The first-order valence-corrected chi connectivity index (χ1v) is 8.48. The van der Waals surface area contributed by atoms with Crippen LogP contribution in [0.4, 0.5) is 10.5 Å². The molecule has 1 aliphatic heterocycles. The molecule has 1 saturated heterocycles. The highest BCUT2D eigenvalue weighted by atomic mass is 16.2. The number of para-hydroxylation sites is 1. The lowest BCUT2D eigenvalue weighted by Gasteiger charge is -2.34. The molecule has 0 unspecified atom stereocenters. The normalized spacial score (nSPS) is 14.8. The van der Waals surface area contributed by atoms with Crippen LogP contribution < -0.4 is 5.32 Å². The summed E-state index contributed by atoms with van der Waals surface area (Å²) in [5.74, 6) is 0. The van der Waals surface area contributed by atoms with Crippen LogP contribution in [-0.2, 0) is 6.54 Å². The van der Waals surface area contributed by atoms with Gasteiger partial charge < -0.3 is 10.2 Å². The Labute approximate surface area is 148 Å². The van der Waals surface area contributed by atoms with Crippen LogP contribution >= 0.6 is 0 Å². The summed E-state index contributed by atoms with van der Waals surface area (Å²) in [4.78, 5) is 16.6. The van der Waals surface area contributed by atoms with Gasteiger partial charge in [0.1, 0.15) is 6.07 Å². The summed E-state index contributed by atoms with van der Waals surface area (Å²) >= 11 is 0. The first-order valence-electron chi connectivity index (χ1n) is 8.48. The number of nitrogens with one attached hydrogen (secondary N) is 1. The maximum absolute atomic E-state index is 12.4. The van der Waals surface area contributed by atoms with Crippen molar-refractivity contribution >= 4 is 11.7 Å². The molecule has 25 heavy (non-hydrogen) atoms. The second-order valence-electron chi connectivity index (χ2n) is 6.34. The minimum Gasteiger partial charge on any atom is -0.322 e. The van der Waals surface area contributed by atoms with Gasteiger partial charge in [-0.1, -0.05) is 42.0 Å². The Hall–Kier alpha value is -2.84. The monoisotopic (exact) mass is 334 g/mol. The summed E-state index contributed by atoms with van der Waals surface area (Å²) < 4.78 is 0. The Kier molecular flexibility index (Phi) is 5.32. The van der Waals surface area contributed by atoms with Gasteiger partial charge in [0.25, 0.3) is 0 Å². The van der Waals surface area contributed by atoms with E-state index in [0.29, 0.717) is 24.3 Å². The van der Waals surface area contributed by atoms with Gasteiger partial charge in [-0.05, 0) is 24.6 Å². The van der Waals surface area contributed by atoms with Crippen molar-refractivity contribution in [3.8, 4) is 6.07 Å². The van der Waals surface area contributed by atoms with Gasteiger partial charge in [0.05, 0.1) is 11.3 Å². The topological polar surface area (TPSA) is 59.4 Å². The van der Waals surface area contributed by atoms with E-state index in [0.717, 1.165) is 19.6 Å². The zero-order valence-electron chi connectivity index (χ0n) is 14.4. The van der Waals surface area contributed by atoms with E-state index in [4.69, 9.17) is 5.26 Å². The number of nitrogens with zero attached hydrogens (tertiary/aromatic N) is 3. The molecule has 0 radical (unpaired) electrons. The summed E-state index contributed by atoms with van der Waals surface area (Å²) in [6, 6.07) is 17.6. The van der Waals surface area contributed by atoms with E-state index in [1.165, 1.54) is 11.1 Å². The van der Waals surface area contributed by atoms with Crippen LogP contribution in [0.1, 0.15) is 16.7 Å². The zero-order chi connectivity index (χ0) is 17.6. The summed E-state index contributed by atoms with van der Waals surface area (Å²) in [6.07, 6.45) is 0. The van der Waals surface area contributed by atoms with Crippen molar-refractivity contribution in [2.75, 3.05) is 31.5 Å². The Balaban J connectivity index is 1.52. The van der Waals surface area contributed by atoms with Crippen molar-refractivity contribution in [3.63, 3.8) is 0 Å². The Morgan fingerprint density at radius 3 is 2.44 bits per heavy atom. The molecule has 0 saturated carbocycles. The van der Waals surface area contributed by atoms with Gasteiger partial charge in [-0.15, -0.1) is 0 Å². The van der Waals surface area contributed by atoms with Gasteiger partial charge in [0.2, 0.25) is 0 Å². The van der Waals surface area contributed by atoms with E-state index < -0.39 is 0 Å². The third kappa shape index (κ3) is 4.37. The van der Waals surface area contributed by atoms with E-state index in [9.17, 15) is 4.79 Å². The SMILES string of the molecule is Cc1ccc(CN2CCN(C(=O)Nc3ccccc3C#N)CC2)cc1. The van der Waals surface area contributed by atoms with E-state index in [1.54, 1.807) is 23.1 Å². The van der Waals surface area contributed by atoms with Crippen LogP contribution in [-0.4, -0.2) is 42.0 Å². The highest BCUT2D eigenvalue weighted by Gasteiger charge is 2.21. The lowest BCUT2D eigenvalue weighted by Crippen LogP contribution is -2.49. The van der Waals surface area contributed by atoms with Crippen molar-refractivity contribution in [1.82, 2.24) is 9.80 Å². The summed E-state index contributed by atoms with van der Waals surface area (Å²) in [5, 5.41) is 12.0. The van der Waals surface area contributed by atoms with Gasteiger partial charge in [0.15, 0.2) is 0 Å². The van der Waals surface area contributed by atoms with Crippen molar-refractivity contribution in [3.05, 3.63) is 65.2 Å². The fourth-order valence-corrected chi connectivity index (χ4v) is 2.94. The van der Waals surface area contributed by atoms with E-state index in [-0.39, 0.29) is 6.03 Å². The smallest absolute Gasteiger partial charge is 0.321 e. The number of benzene rings is 2. The number of urea groups is 1. The average Bonchev–Trinajstić information content (AvgIpc) is 2.64. The fourth-order valence-electron chi connectivity index (χ4n) is 2.94. The predicted octanol–water partition coefficient (Wildman–Crippen LogP) is 3.22. The summed E-state index contributed by atoms with van der Waals surface area (Å²) in [5.41, 5.74) is 3.61. The van der Waals surface area contributed by atoms with Gasteiger partial charge in [0, 0.05) is 32.7 Å². The number of carbonyl (C=O) groups is 1. The number of aryl methyl sites for hydroxylation is 1. The maximum atomic E-state index is 12.4. The van der Waals surface area contributed by atoms with Crippen LogP contribution in [0, 0.1) is 18.3 Å².